The third-order valence-corrected chi connectivity index (χ3v) is 3.79. The molecule has 0 fully saturated rings. The van der Waals surface area contributed by atoms with Crippen LogP contribution in [-0.4, -0.2) is 10.9 Å². The second-order valence-corrected chi connectivity index (χ2v) is 5.40. The molecular weight excluding hydrogens is 272 g/mol. The fourth-order valence-corrected chi connectivity index (χ4v) is 2.84. The summed E-state index contributed by atoms with van der Waals surface area (Å²) in [6.07, 6.45) is 5.25. The minimum absolute atomic E-state index is 0.0286. The minimum atomic E-state index is 0.0286. The van der Waals surface area contributed by atoms with Gasteiger partial charge in [-0.3, -0.25) is 4.79 Å². The SMILES string of the molecule is CC(=O)N(C1=CCCC1)N(c1ccccc1)c1ccccc1. The molecule has 0 N–H and O–H groups in total. The van der Waals surface area contributed by atoms with Gasteiger partial charge in [0.25, 0.3) is 0 Å². The first kappa shape index (κ1) is 14.4. The molecule has 3 nitrogen and oxygen atoms in total. The molecule has 1 amide bonds. The highest BCUT2D eigenvalue weighted by molar-refractivity contribution is 5.81. The molecule has 1 aliphatic carbocycles. The van der Waals surface area contributed by atoms with Crippen molar-refractivity contribution >= 4 is 17.3 Å². The molecule has 1 aliphatic rings. The van der Waals surface area contributed by atoms with E-state index in [-0.39, 0.29) is 5.91 Å². The van der Waals surface area contributed by atoms with Gasteiger partial charge in [0.05, 0.1) is 11.4 Å². The number of para-hydroxylation sites is 2. The molecule has 0 unspecified atom stereocenters. The van der Waals surface area contributed by atoms with Gasteiger partial charge in [-0.15, -0.1) is 0 Å². The Bertz CT molecular complexity index is 625. The van der Waals surface area contributed by atoms with Crippen LogP contribution in [0.2, 0.25) is 0 Å². The molecular formula is C19H20N2O. The first-order valence-electron chi connectivity index (χ1n) is 7.67. The van der Waals surface area contributed by atoms with E-state index in [1.165, 1.54) is 0 Å². The fraction of sp³-hybridized carbons (Fsp3) is 0.211. The third kappa shape index (κ3) is 2.89. The van der Waals surface area contributed by atoms with Crippen LogP contribution in [0.3, 0.4) is 0 Å². The number of allylic oxidation sites excluding steroid dienone is 2. The van der Waals surface area contributed by atoms with Crippen LogP contribution in [0.15, 0.2) is 72.4 Å². The van der Waals surface area contributed by atoms with Crippen molar-refractivity contribution in [1.29, 1.82) is 0 Å². The van der Waals surface area contributed by atoms with Gasteiger partial charge in [-0.25, -0.2) is 10.0 Å². The summed E-state index contributed by atoms with van der Waals surface area (Å²) in [6, 6.07) is 20.0. The largest absolute Gasteiger partial charge is 0.273 e. The molecule has 2 aromatic rings. The molecule has 0 aromatic heterocycles. The normalized spacial score (nSPS) is 13.6. The van der Waals surface area contributed by atoms with Crippen molar-refractivity contribution in [3.8, 4) is 0 Å². The Labute approximate surface area is 131 Å². The molecule has 112 valence electrons. The molecule has 3 rings (SSSR count). The summed E-state index contributed by atoms with van der Waals surface area (Å²) < 4.78 is 0. The van der Waals surface area contributed by atoms with E-state index in [1.54, 1.807) is 11.9 Å². The van der Waals surface area contributed by atoms with E-state index in [2.05, 4.69) is 6.08 Å². The zero-order chi connectivity index (χ0) is 15.4. The molecule has 0 saturated carbocycles. The lowest BCUT2D eigenvalue weighted by molar-refractivity contribution is -0.127. The maximum Gasteiger partial charge on any atom is 0.242 e. The minimum Gasteiger partial charge on any atom is -0.273 e. The number of nitrogens with zero attached hydrogens (tertiary/aromatic N) is 2. The zero-order valence-electron chi connectivity index (χ0n) is 12.8. The third-order valence-electron chi connectivity index (χ3n) is 3.79. The van der Waals surface area contributed by atoms with Crippen LogP contribution < -0.4 is 5.01 Å². The van der Waals surface area contributed by atoms with Crippen molar-refractivity contribution in [3.05, 3.63) is 72.4 Å². The van der Waals surface area contributed by atoms with Gasteiger partial charge in [-0.05, 0) is 43.5 Å². The molecule has 22 heavy (non-hydrogen) atoms. The highest BCUT2D eigenvalue weighted by atomic mass is 16.2. The lowest BCUT2D eigenvalue weighted by Gasteiger charge is -2.36. The van der Waals surface area contributed by atoms with Crippen LogP contribution in [0.4, 0.5) is 11.4 Å². The number of amides is 1. The number of benzene rings is 2. The van der Waals surface area contributed by atoms with Crippen LogP contribution in [0.1, 0.15) is 26.2 Å². The highest BCUT2D eigenvalue weighted by Crippen LogP contribution is 2.32. The van der Waals surface area contributed by atoms with Crippen molar-refractivity contribution in [2.75, 3.05) is 5.01 Å². The Morgan fingerprint density at radius 3 is 1.86 bits per heavy atom. The lowest BCUT2D eigenvalue weighted by Crippen LogP contribution is -2.41. The monoisotopic (exact) mass is 292 g/mol. The summed E-state index contributed by atoms with van der Waals surface area (Å²) >= 11 is 0. The van der Waals surface area contributed by atoms with Crippen LogP contribution in [-0.2, 0) is 4.79 Å². The number of carbonyl (C=O) groups excluding carboxylic acids is 1. The van der Waals surface area contributed by atoms with Gasteiger partial charge in [0, 0.05) is 12.6 Å². The standard InChI is InChI=1S/C19H20N2O/c1-16(22)20(17-14-8-9-15-17)21(18-10-4-2-5-11-18)19-12-6-3-7-13-19/h2-7,10-14H,8-9,15H2,1H3. The highest BCUT2D eigenvalue weighted by Gasteiger charge is 2.25. The Balaban J connectivity index is 2.09. The van der Waals surface area contributed by atoms with Gasteiger partial charge in [0.1, 0.15) is 0 Å². The van der Waals surface area contributed by atoms with Gasteiger partial charge >= 0.3 is 0 Å². The van der Waals surface area contributed by atoms with Crippen LogP contribution in [0.5, 0.6) is 0 Å². The quantitative estimate of drug-likeness (QED) is 0.765. The topological polar surface area (TPSA) is 23.6 Å². The van der Waals surface area contributed by atoms with E-state index < -0.39 is 0 Å². The van der Waals surface area contributed by atoms with Gasteiger partial charge < -0.3 is 0 Å². The number of hydrazine groups is 1. The lowest BCUT2D eigenvalue weighted by atomic mass is 10.2. The summed E-state index contributed by atoms with van der Waals surface area (Å²) in [5.41, 5.74) is 3.05. The van der Waals surface area contributed by atoms with E-state index in [1.807, 2.05) is 65.7 Å². The molecule has 0 atom stereocenters. The summed E-state index contributed by atoms with van der Waals surface area (Å²) in [4.78, 5) is 12.4. The Kier molecular flexibility index (Phi) is 4.24. The van der Waals surface area contributed by atoms with Crippen molar-refractivity contribution in [2.45, 2.75) is 26.2 Å². The maximum absolute atomic E-state index is 12.4. The number of carbonyl (C=O) groups is 1. The molecule has 3 heteroatoms. The van der Waals surface area contributed by atoms with E-state index in [0.29, 0.717) is 0 Å². The molecule has 0 bridgehead atoms. The van der Waals surface area contributed by atoms with Gasteiger partial charge in [-0.2, -0.15) is 0 Å². The smallest absolute Gasteiger partial charge is 0.242 e. The predicted molar refractivity (Wildman–Crippen MR) is 89.5 cm³/mol. The molecule has 0 radical (unpaired) electrons. The van der Waals surface area contributed by atoms with Crippen molar-refractivity contribution in [2.24, 2.45) is 0 Å². The molecule has 2 aromatic carbocycles. The van der Waals surface area contributed by atoms with Gasteiger partial charge in [0.15, 0.2) is 0 Å². The number of anilines is 2. The first-order chi connectivity index (χ1) is 10.8. The Morgan fingerprint density at radius 1 is 0.909 bits per heavy atom. The predicted octanol–water partition coefficient (Wildman–Crippen LogP) is 4.66. The molecule has 0 aliphatic heterocycles. The van der Waals surface area contributed by atoms with Gasteiger partial charge in [0.2, 0.25) is 5.91 Å². The van der Waals surface area contributed by atoms with Crippen molar-refractivity contribution < 1.29 is 4.79 Å². The number of rotatable bonds is 4. The van der Waals surface area contributed by atoms with E-state index >= 15 is 0 Å². The second kappa shape index (κ2) is 6.48. The van der Waals surface area contributed by atoms with Crippen LogP contribution in [0.25, 0.3) is 0 Å². The number of hydrogen-bond acceptors (Lipinski definition) is 2. The van der Waals surface area contributed by atoms with Crippen LogP contribution in [0, 0.1) is 0 Å². The van der Waals surface area contributed by atoms with E-state index in [9.17, 15) is 4.79 Å². The first-order valence-corrected chi connectivity index (χ1v) is 7.67. The second-order valence-electron chi connectivity index (χ2n) is 5.40. The van der Waals surface area contributed by atoms with Gasteiger partial charge in [-0.1, -0.05) is 42.5 Å². The van der Waals surface area contributed by atoms with Crippen molar-refractivity contribution in [1.82, 2.24) is 5.01 Å². The average molecular weight is 292 g/mol. The van der Waals surface area contributed by atoms with Crippen LogP contribution >= 0.6 is 0 Å². The maximum atomic E-state index is 12.4. The summed E-state index contributed by atoms with van der Waals surface area (Å²) in [6.45, 7) is 1.62. The summed E-state index contributed by atoms with van der Waals surface area (Å²) in [5, 5.41) is 3.80. The average Bonchev–Trinajstić information content (AvgIpc) is 3.07. The number of hydrogen-bond donors (Lipinski definition) is 0. The molecule has 0 saturated heterocycles. The molecule has 0 spiro atoms. The Hall–Kier alpha value is -2.55. The zero-order valence-corrected chi connectivity index (χ0v) is 12.8. The Morgan fingerprint density at radius 2 is 1.45 bits per heavy atom. The van der Waals surface area contributed by atoms with E-state index in [0.717, 1.165) is 36.3 Å². The fourth-order valence-electron chi connectivity index (χ4n) is 2.84. The summed E-state index contributed by atoms with van der Waals surface area (Å²) in [7, 11) is 0. The molecule has 0 heterocycles. The van der Waals surface area contributed by atoms with E-state index in [4.69, 9.17) is 0 Å². The summed E-state index contributed by atoms with van der Waals surface area (Å²) in [5.74, 6) is 0.0286. The van der Waals surface area contributed by atoms with Crippen molar-refractivity contribution in [3.63, 3.8) is 0 Å².